The van der Waals surface area contributed by atoms with Crippen LogP contribution in [-0.2, 0) is 11.3 Å². The molecule has 0 bridgehead atoms. The molecule has 0 aliphatic carbocycles. The Hall–Kier alpha value is -1.92. The highest BCUT2D eigenvalue weighted by Crippen LogP contribution is 2.20. The van der Waals surface area contributed by atoms with Gasteiger partial charge in [-0.25, -0.2) is 0 Å². The highest BCUT2D eigenvalue weighted by Gasteiger charge is 2.17. The molecular formula is C16H21ClN4O2. The number of hydrogen-bond acceptors (Lipinski definition) is 5. The van der Waals surface area contributed by atoms with Gasteiger partial charge in [0, 0.05) is 16.1 Å². The third kappa shape index (κ3) is 5.65. The summed E-state index contributed by atoms with van der Waals surface area (Å²) >= 11 is 5.96. The van der Waals surface area contributed by atoms with E-state index in [9.17, 15) is 4.79 Å². The molecule has 0 saturated carbocycles. The van der Waals surface area contributed by atoms with E-state index in [-0.39, 0.29) is 18.0 Å². The zero-order valence-corrected chi connectivity index (χ0v) is 14.5. The van der Waals surface area contributed by atoms with Crippen molar-refractivity contribution in [2.24, 2.45) is 0 Å². The minimum Gasteiger partial charge on any atom is -0.350 e. The van der Waals surface area contributed by atoms with Gasteiger partial charge in [-0.3, -0.25) is 9.69 Å². The number of rotatable bonds is 5. The van der Waals surface area contributed by atoms with Crippen LogP contribution in [0.4, 0.5) is 0 Å². The largest absolute Gasteiger partial charge is 0.350 e. The lowest BCUT2D eigenvalue weighted by molar-refractivity contribution is -0.123. The van der Waals surface area contributed by atoms with Gasteiger partial charge in [-0.05, 0) is 40.0 Å². The van der Waals surface area contributed by atoms with Crippen LogP contribution >= 0.6 is 11.6 Å². The van der Waals surface area contributed by atoms with Crippen LogP contribution in [0.25, 0.3) is 11.4 Å². The molecule has 0 spiro atoms. The maximum absolute atomic E-state index is 11.9. The van der Waals surface area contributed by atoms with Gasteiger partial charge in [-0.1, -0.05) is 28.9 Å². The van der Waals surface area contributed by atoms with Crippen molar-refractivity contribution in [3.63, 3.8) is 0 Å². The van der Waals surface area contributed by atoms with Gasteiger partial charge in [-0.15, -0.1) is 0 Å². The molecule has 124 valence electrons. The smallest absolute Gasteiger partial charge is 0.241 e. The zero-order chi connectivity index (χ0) is 17.0. The topological polar surface area (TPSA) is 71.3 Å². The molecule has 2 rings (SSSR count). The zero-order valence-electron chi connectivity index (χ0n) is 13.8. The first-order valence-electron chi connectivity index (χ1n) is 7.31. The van der Waals surface area contributed by atoms with E-state index in [1.165, 1.54) is 0 Å². The van der Waals surface area contributed by atoms with E-state index in [0.717, 1.165) is 5.56 Å². The number of benzene rings is 1. The van der Waals surface area contributed by atoms with E-state index in [1.54, 1.807) is 12.1 Å². The summed E-state index contributed by atoms with van der Waals surface area (Å²) in [4.78, 5) is 18.0. The lowest BCUT2D eigenvalue weighted by atomic mass is 10.1. The number of carbonyl (C=O) groups excluding carboxylic acids is 1. The second kappa shape index (κ2) is 7.10. The Morgan fingerprint density at radius 2 is 2.13 bits per heavy atom. The molecule has 1 amide bonds. The Balaban J connectivity index is 1.95. The number of amides is 1. The Bertz CT molecular complexity index is 679. The lowest BCUT2D eigenvalue weighted by Gasteiger charge is -2.22. The number of nitrogens with zero attached hydrogens (tertiary/aromatic N) is 3. The van der Waals surface area contributed by atoms with Gasteiger partial charge in [0.1, 0.15) is 0 Å². The molecule has 1 N–H and O–H groups in total. The number of likely N-dealkylation sites (N-methyl/N-ethyl adjacent to an activating group) is 1. The fourth-order valence-electron chi connectivity index (χ4n) is 2.05. The van der Waals surface area contributed by atoms with Crippen molar-refractivity contribution in [1.29, 1.82) is 0 Å². The van der Waals surface area contributed by atoms with E-state index in [1.807, 2.05) is 44.9 Å². The summed E-state index contributed by atoms with van der Waals surface area (Å²) in [5.74, 6) is 0.885. The Labute approximate surface area is 140 Å². The van der Waals surface area contributed by atoms with Gasteiger partial charge in [0.2, 0.25) is 17.6 Å². The first-order valence-corrected chi connectivity index (χ1v) is 7.69. The van der Waals surface area contributed by atoms with Crippen LogP contribution in [0.1, 0.15) is 26.7 Å². The van der Waals surface area contributed by atoms with Gasteiger partial charge in [-0.2, -0.15) is 4.98 Å². The van der Waals surface area contributed by atoms with E-state index in [0.29, 0.717) is 23.3 Å². The SMILES string of the molecule is CN(CC(=O)NC(C)(C)C)Cc1nc(-c2cccc(Cl)c2)no1. The van der Waals surface area contributed by atoms with Gasteiger partial charge >= 0.3 is 0 Å². The molecule has 6 nitrogen and oxygen atoms in total. The number of nitrogens with one attached hydrogen (secondary N) is 1. The van der Waals surface area contributed by atoms with Crippen molar-refractivity contribution in [2.75, 3.05) is 13.6 Å². The average molecular weight is 337 g/mol. The molecule has 0 radical (unpaired) electrons. The summed E-state index contributed by atoms with van der Waals surface area (Å²) in [6.07, 6.45) is 0. The third-order valence-corrected chi connectivity index (χ3v) is 3.12. The monoisotopic (exact) mass is 336 g/mol. The molecule has 2 aromatic rings. The summed E-state index contributed by atoms with van der Waals surface area (Å²) in [6, 6.07) is 7.25. The Morgan fingerprint density at radius 1 is 1.39 bits per heavy atom. The van der Waals surface area contributed by atoms with Crippen LogP contribution in [0, 0.1) is 0 Å². The second-order valence-corrected chi connectivity index (χ2v) is 6.93. The van der Waals surface area contributed by atoms with Crippen molar-refractivity contribution in [3.05, 3.63) is 35.2 Å². The molecule has 1 heterocycles. The number of halogens is 1. The molecule has 0 saturated heterocycles. The number of aromatic nitrogens is 2. The molecule has 7 heteroatoms. The Kier molecular flexibility index (Phi) is 5.38. The Morgan fingerprint density at radius 3 is 2.78 bits per heavy atom. The van der Waals surface area contributed by atoms with Gasteiger partial charge in [0.25, 0.3) is 0 Å². The first kappa shape index (κ1) is 17.4. The van der Waals surface area contributed by atoms with Crippen LogP contribution in [0.5, 0.6) is 0 Å². The highest BCUT2D eigenvalue weighted by atomic mass is 35.5. The maximum Gasteiger partial charge on any atom is 0.241 e. The molecule has 1 aromatic carbocycles. The number of carbonyl (C=O) groups is 1. The summed E-state index contributed by atoms with van der Waals surface area (Å²) in [5, 5.41) is 7.47. The van der Waals surface area contributed by atoms with Gasteiger partial charge < -0.3 is 9.84 Å². The van der Waals surface area contributed by atoms with Crippen LogP contribution in [0.15, 0.2) is 28.8 Å². The third-order valence-electron chi connectivity index (χ3n) is 2.88. The molecular weight excluding hydrogens is 316 g/mol. The van der Waals surface area contributed by atoms with E-state index in [2.05, 4.69) is 15.5 Å². The van der Waals surface area contributed by atoms with E-state index < -0.39 is 0 Å². The fourth-order valence-corrected chi connectivity index (χ4v) is 2.24. The summed E-state index contributed by atoms with van der Waals surface area (Å²) in [6.45, 7) is 6.48. The minimum absolute atomic E-state index is 0.0467. The van der Waals surface area contributed by atoms with Crippen LogP contribution in [-0.4, -0.2) is 40.1 Å². The van der Waals surface area contributed by atoms with Crippen LogP contribution < -0.4 is 5.32 Å². The fraction of sp³-hybridized carbons (Fsp3) is 0.438. The molecule has 0 aliphatic rings. The van der Waals surface area contributed by atoms with Crippen molar-refractivity contribution < 1.29 is 9.32 Å². The maximum atomic E-state index is 11.9. The van der Waals surface area contributed by atoms with E-state index >= 15 is 0 Å². The van der Waals surface area contributed by atoms with Crippen molar-refractivity contribution in [2.45, 2.75) is 32.9 Å². The number of hydrogen-bond donors (Lipinski definition) is 1. The molecule has 0 atom stereocenters. The minimum atomic E-state index is -0.248. The highest BCUT2D eigenvalue weighted by molar-refractivity contribution is 6.30. The standard InChI is InChI=1S/C16H21ClN4O2/c1-16(2,3)19-13(22)9-21(4)10-14-18-15(20-23-14)11-6-5-7-12(17)8-11/h5-8H,9-10H2,1-4H3,(H,19,22). The predicted molar refractivity (Wildman–Crippen MR) is 89.0 cm³/mol. The normalized spacial score (nSPS) is 11.7. The van der Waals surface area contributed by atoms with Gasteiger partial charge in [0.15, 0.2) is 0 Å². The van der Waals surface area contributed by atoms with Crippen LogP contribution in [0.3, 0.4) is 0 Å². The summed E-state index contributed by atoms with van der Waals surface area (Å²) < 4.78 is 5.23. The molecule has 1 aromatic heterocycles. The van der Waals surface area contributed by atoms with Gasteiger partial charge in [0.05, 0.1) is 13.1 Å². The van der Waals surface area contributed by atoms with Crippen molar-refractivity contribution in [1.82, 2.24) is 20.4 Å². The molecule has 0 unspecified atom stereocenters. The lowest BCUT2D eigenvalue weighted by Crippen LogP contribution is -2.45. The molecule has 0 fully saturated rings. The summed E-state index contributed by atoms with van der Waals surface area (Å²) in [5.41, 5.74) is 0.544. The quantitative estimate of drug-likeness (QED) is 0.909. The average Bonchev–Trinajstić information content (AvgIpc) is 2.84. The van der Waals surface area contributed by atoms with Crippen LogP contribution in [0.2, 0.25) is 5.02 Å². The second-order valence-electron chi connectivity index (χ2n) is 6.49. The predicted octanol–water partition coefficient (Wildman–Crippen LogP) is 2.74. The van der Waals surface area contributed by atoms with Crippen molar-refractivity contribution >= 4 is 17.5 Å². The van der Waals surface area contributed by atoms with Crippen molar-refractivity contribution in [3.8, 4) is 11.4 Å². The first-order chi connectivity index (χ1) is 10.7. The summed E-state index contributed by atoms with van der Waals surface area (Å²) in [7, 11) is 1.82. The molecule has 23 heavy (non-hydrogen) atoms. The molecule has 0 aliphatic heterocycles. The van der Waals surface area contributed by atoms with E-state index in [4.69, 9.17) is 16.1 Å².